The summed E-state index contributed by atoms with van der Waals surface area (Å²) in [6, 6.07) is 0. The lowest BCUT2D eigenvalue weighted by Gasteiger charge is -2.44. The minimum absolute atomic E-state index is 0.711. The molecule has 2 aliphatic rings. The number of aliphatic carboxylic acids is 1. The van der Waals surface area contributed by atoms with Gasteiger partial charge in [-0.3, -0.25) is 9.59 Å². The Labute approximate surface area is 174 Å². The van der Waals surface area contributed by atoms with E-state index in [9.17, 15) is 45.0 Å². The standard InChI is InChI=1S/C16H24O15/c1-27-5(17)2-6(18)28-3-4-12(9(21)10(22)15(26)29-4)30-16-11(23)7(19)8(20)13(31-16)14(24)25/h4,7-13,15-16,19-23,26H,2-3H2,1H3,(H,24,25). The van der Waals surface area contributed by atoms with Gasteiger partial charge in [-0.25, -0.2) is 4.79 Å². The lowest BCUT2D eigenvalue weighted by atomic mass is 9.97. The number of carbonyl (C=O) groups is 3. The SMILES string of the molecule is COC(=O)CC(=O)OCC1OC(O)C(O)C(O)C1OC1OC(C(=O)O)C(O)C(O)C1O. The van der Waals surface area contributed by atoms with Crippen LogP contribution in [0.2, 0.25) is 0 Å². The molecule has 178 valence electrons. The van der Waals surface area contributed by atoms with Crippen LogP contribution in [0.5, 0.6) is 0 Å². The fourth-order valence-electron chi connectivity index (χ4n) is 2.96. The summed E-state index contributed by atoms with van der Waals surface area (Å²) in [7, 11) is 1.04. The average Bonchev–Trinajstić information content (AvgIpc) is 2.72. The Balaban J connectivity index is 2.14. The number of ether oxygens (including phenoxy) is 5. The van der Waals surface area contributed by atoms with Crippen molar-refractivity contribution in [2.75, 3.05) is 13.7 Å². The van der Waals surface area contributed by atoms with Crippen molar-refractivity contribution in [1.82, 2.24) is 0 Å². The Morgan fingerprint density at radius 1 is 0.839 bits per heavy atom. The summed E-state index contributed by atoms with van der Waals surface area (Å²) in [5.41, 5.74) is 0. The van der Waals surface area contributed by atoms with Crippen molar-refractivity contribution in [3.05, 3.63) is 0 Å². The smallest absolute Gasteiger partial charge is 0.335 e. The first-order valence-corrected chi connectivity index (χ1v) is 8.98. The Hall–Kier alpha value is -1.95. The number of carbonyl (C=O) groups excluding carboxylic acids is 2. The largest absolute Gasteiger partial charge is 0.479 e. The second-order valence-corrected chi connectivity index (χ2v) is 6.82. The van der Waals surface area contributed by atoms with E-state index in [0.717, 1.165) is 7.11 Å². The summed E-state index contributed by atoms with van der Waals surface area (Å²) in [4.78, 5) is 33.9. The molecule has 2 heterocycles. The van der Waals surface area contributed by atoms with Crippen molar-refractivity contribution in [1.29, 1.82) is 0 Å². The predicted octanol–water partition coefficient (Wildman–Crippen LogP) is -5.19. The molecule has 2 fully saturated rings. The number of hydrogen-bond acceptors (Lipinski definition) is 14. The van der Waals surface area contributed by atoms with E-state index >= 15 is 0 Å². The highest BCUT2D eigenvalue weighted by Crippen LogP contribution is 2.29. The van der Waals surface area contributed by atoms with Crippen molar-refractivity contribution >= 4 is 17.9 Å². The zero-order chi connectivity index (χ0) is 23.5. The molecule has 15 heteroatoms. The number of methoxy groups -OCH3 is 1. The molecular formula is C16H24O15. The maximum Gasteiger partial charge on any atom is 0.335 e. The maximum absolute atomic E-state index is 11.6. The first kappa shape index (κ1) is 25.3. The van der Waals surface area contributed by atoms with Gasteiger partial charge in [0.1, 0.15) is 55.8 Å². The van der Waals surface area contributed by atoms with Gasteiger partial charge < -0.3 is 59.4 Å². The van der Waals surface area contributed by atoms with E-state index in [1.54, 1.807) is 0 Å². The normalized spacial score (nSPS) is 40.7. The maximum atomic E-state index is 11.6. The van der Waals surface area contributed by atoms with Crippen molar-refractivity contribution in [2.45, 2.75) is 67.8 Å². The van der Waals surface area contributed by atoms with Crippen LogP contribution in [0.4, 0.5) is 0 Å². The zero-order valence-electron chi connectivity index (χ0n) is 16.1. The van der Waals surface area contributed by atoms with E-state index in [2.05, 4.69) is 4.74 Å². The van der Waals surface area contributed by atoms with Gasteiger partial charge in [0, 0.05) is 0 Å². The molecule has 31 heavy (non-hydrogen) atoms. The van der Waals surface area contributed by atoms with Gasteiger partial charge in [-0.1, -0.05) is 0 Å². The summed E-state index contributed by atoms with van der Waals surface area (Å²) >= 11 is 0. The number of carboxylic acid groups (broad SMARTS) is 1. The summed E-state index contributed by atoms with van der Waals surface area (Å²) in [5.74, 6) is -3.64. The first-order chi connectivity index (χ1) is 14.5. The number of aliphatic hydroxyl groups excluding tert-OH is 6. The number of rotatable bonds is 7. The Kier molecular flexibility index (Phi) is 8.64. The molecular weight excluding hydrogens is 432 g/mol. The fraction of sp³-hybridized carbons (Fsp3) is 0.812. The number of hydrogen-bond donors (Lipinski definition) is 7. The minimum Gasteiger partial charge on any atom is -0.479 e. The van der Waals surface area contributed by atoms with E-state index in [1.165, 1.54) is 0 Å². The summed E-state index contributed by atoms with van der Waals surface area (Å²) in [6.07, 6.45) is -19.6. The van der Waals surface area contributed by atoms with Crippen LogP contribution in [0.25, 0.3) is 0 Å². The lowest BCUT2D eigenvalue weighted by molar-refractivity contribution is -0.351. The Bertz CT molecular complexity index is 655. The van der Waals surface area contributed by atoms with Crippen molar-refractivity contribution in [2.24, 2.45) is 0 Å². The molecule has 0 aromatic heterocycles. The van der Waals surface area contributed by atoms with Gasteiger partial charge >= 0.3 is 17.9 Å². The highest BCUT2D eigenvalue weighted by Gasteiger charge is 2.52. The Morgan fingerprint density at radius 2 is 1.48 bits per heavy atom. The first-order valence-electron chi connectivity index (χ1n) is 8.98. The molecule has 0 aromatic rings. The lowest BCUT2D eigenvalue weighted by Crippen LogP contribution is -2.65. The molecule has 0 spiro atoms. The van der Waals surface area contributed by atoms with Crippen molar-refractivity contribution in [3.8, 4) is 0 Å². The van der Waals surface area contributed by atoms with Crippen molar-refractivity contribution in [3.63, 3.8) is 0 Å². The summed E-state index contributed by atoms with van der Waals surface area (Å²) < 4.78 is 24.3. The van der Waals surface area contributed by atoms with Gasteiger partial charge in [-0.2, -0.15) is 0 Å². The van der Waals surface area contributed by atoms with Gasteiger partial charge in [-0.05, 0) is 0 Å². The third kappa shape index (κ3) is 5.85. The van der Waals surface area contributed by atoms with E-state index in [-0.39, 0.29) is 0 Å². The minimum atomic E-state index is -2.01. The van der Waals surface area contributed by atoms with Gasteiger partial charge in [0.2, 0.25) is 0 Å². The van der Waals surface area contributed by atoms with Crippen LogP contribution in [-0.2, 0) is 38.1 Å². The average molecular weight is 456 g/mol. The molecule has 2 rings (SSSR count). The third-order valence-corrected chi connectivity index (χ3v) is 4.69. The molecule has 0 radical (unpaired) electrons. The third-order valence-electron chi connectivity index (χ3n) is 4.69. The van der Waals surface area contributed by atoms with Crippen LogP contribution in [-0.4, -0.2) is 129 Å². The molecule has 2 saturated heterocycles. The van der Waals surface area contributed by atoms with Gasteiger partial charge in [-0.15, -0.1) is 0 Å². The highest BCUT2D eigenvalue weighted by atomic mass is 16.7. The van der Waals surface area contributed by atoms with Crippen LogP contribution in [0.3, 0.4) is 0 Å². The predicted molar refractivity (Wildman–Crippen MR) is 89.7 cm³/mol. The highest BCUT2D eigenvalue weighted by molar-refractivity contribution is 5.91. The number of aliphatic hydroxyl groups is 6. The van der Waals surface area contributed by atoms with Gasteiger partial charge in [0.25, 0.3) is 0 Å². The van der Waals surface area contributed by atoms with Crippen LogP contribution in [0, 0.1) is 0 Å². The van der Waals surface area contributed by atoms with Gasteiger partial charge in [0.05, 0.1) is 7.11 Å². The quantitative estimate of drug-likeness (QED) is 0.140. The van der Waals surface area contributed by atoms with Crippen LogP contribution >= 0.6 is 0 Å². The second kappa shape index (κ2) is 10.6. The fourth-order valence-corrected chi connectivity index (χ4v) is 2.96. The molecule has 2 aliphatic heterocycles. The van der Waals surface area contributed by atoms with Crippen LogP contribution in [0.15, 0.2) is 0 Å². The molecule has 15 nitrogen and oxygen atoms in total. The molecule has 0 aromatic carbocycles. The van der Waals surface area contributed by atoms with E-state index in [4.69, 9.17) is 24.1 Å². The molecule has 0 aliphatic carbocycles. The molecule has 7 N–H and O–H groups in total. The molecule has 0 amide bonds. The Morgan fingerprint density at radius 3 is 2.06 bits per heavy atom. The molecule has 10 atom stereocenters. The number of esters is 2. The monoisotopic (exact) mass is 456 g/mol. The van der Waals surface area contributed by atoms with Crippen LogP contribution < -0.4 is 0 Å². The van der Waals surface area contributed by atoms with E-state index in [0.29, 0.717) is 0 Å². The second-order valence-electron chi connectivity index (χ2n) is 6.82. The van der Waals surface area contributed by atoms with Gasteiger partial charge in [0.15, 0.2) is 18.7 Å². The van der Waals surface area contributed by atoms with E-state index < -0.39 is 92.3 Å². The van der Waals surface area contributed by atoms with E-state index in [1.807, 2.05) is 0 Å². The van der Waals surface area contributed by atoms with Crippen molar-refractivity contribution < 1.29 is 73.8 Å². The summed E-state index contributed by atoms with van der Waals surface area (Å²) in [6.45, 7) is -0.711. The summed E-state index contributed by atoms with van der Waals surface area (Å²) in [5, 5.41) is 68.5. The van der Waals surface area contributed by atoms with Crippen LogP contribution in [0.1, 0.15) is 6.42 Å². The molecule has 10 unspecified atom stereocenters. The molecule has 0 saturated carbocycles. The zero-order valence-corrected chi connectivity index (χ0v) is 16.1. The molecule has 0 bridgehead atoms. The topological polar surface area (TPSA) is 239 Å². The number of carboxylic acids is 1.